The summed E-state index contributed by atoms with van der Waals surface area (Å²) in [4.78, 5) is 4.17. The Balaban J connectivity index is 3.09. The van der Waals surface area contributed by atoms with Crippen LogP contribution in [0, 0.1) is 0 Å². The molecule has 0 aliphatic heterocycles. The van der Waals surface area contributed by atoms with Gasteiger partial charge in [-0.2, -0.15) is 0 Å². The molecule has 15 heavy (non-hydrogen) atoms. The summed E-state index contributed by atoms with van der Waals surface area (Å²) in [5.41, 5.74) is 6.54. The lowest BCUT2D eigenvalue weighted by atomic mass is 9.98. The number of hydrogen-bond acceptors (Lipinski definition) is 4. The maximum Gasteiger partial charge on any atom is 0.220 e. The third-order valence-electron chi connectivity index (χ3n) is 2.42. The van der Waals surface area contributed by atoms with Crippen molar-refractivity contribution in [1.82, 2.24) is 4.98 Å². The Kier molecular flexibility index (Phi) is 4.37. The van der Waals surface area contributed by atoms with Gasteiger partial charge >= 0.3 is 0 Å². The summed E-state index contributed by atoms with van der Waals surface area (Å²) in [6.07, 6.45) is 2.56. The van der Waals surface area contributed by atoms with Gasteiger partial charge in [-0.15, -0.1) is 0 Å². The van der Waals surface area contributed by atoms with E-state index in [1.54, 1.807) is 20.4 Å². The molecule has 1 unspecified atom stereocenters. The van der Waals surface area contributed by atoms with E-state index in [4.69, 9.17) is 15.2 Å². The maximum atomic E-state index is 5.55. The largest absolute Gasteiger partial charge is 0.496 e. The first-order chi connectivity index (χ1) is 7.24. The number of rotatable bonds is 5. The van der Waals surface area contributed by atoms with Crippen molar-refractivity contribution in [3.8, 4) is 11.6 Å². The molecule has 0 radical (unpaired) electrons. The summed E-state index contributed by atoms with van der Waals surface area (Å²) in [6, 6.07) is 1.84. The summed E-state index contributed by atoms with van der Waals surface area (Å²) in [5, 5.41) is 0. The fourth-order valence-corrected chi connectivity index (χ4v) is 1.63. The summed E-state index contributed by atoms with van der Waals surface area (Å²) < 4.78 is 10.5. The summed E-state index contributed by atoms with van der Waals surface area (Å²) in [6.45, 7) is 2.73. The van der Waals surface area contributed by atoms with Crippen molar-refractivity contribution in [1.29, 1.82) is 0 Å². The molecule has 1 atom stereocenters. The van der Waals surface area contributed by atoms with Gasteiger partial charge in [0, 0.05) is 6.20 Å². The van der Waals surface area contributed by atoms with E-state index in [2.05, 4.69) is 11.9 Å². The van der Waals surface area contributed by atoms with Crippen molar-refractivity contribution in [2.45, 2.75) is 19.3 Å². The molecule has 0 aliphatic carbocycles. The van der Waals surface area contributed by atoms with Gasteiger partial charge in [-0.25, -0.2) is 4.98 Å². The molecular formula is C11H18N2O2. The second-order valence-electron chi connectivity index (χ2n) is 3.41. The first-order valence-electron chi connectivity index (χ1n) is 5.01. The van der Waals surface area contributed by atoms with E-state index in [1.807, 2.05) is 6.07 Å². The van der Waals surface area contributed by atoms with E-state index in [0.29, 0.717) is 12.4 Å². The Morgan fingerprint density at radius 3 is 2.67 bits per heavy atom. The molecular weight excluding hydrogens is 192 g/mol. The van der Waals surface area contributed by atoms with E-state index in [0.717, 1.165) is 17.7 Å². The van der Waals surface area contributed by atoms with Crippen LogP contribution in [0.3, 0.4) is 0 Å². The monoisotopic (exact) mass is 210 g/mol. The molecule has 0 aromatic carbocycles. The van der Waals surface area contributed by atoms with Crippen LogP contribution in [0.4, 0.5) is 0 Å². The minimum Gasteiger partial charge on any atom is -0.496 e. The van der Waals surface area contributed by atoms with Crippen LogP contribution in [-0.2, 0) is 0 Å². The van der Waals surface area contributed by atoms with Gasteiger partial charge in [-0.1, -0.05) is 6.92 Å². The topological polar surface area (TPSA) is 57.4 Å². The van der Waals surface area contributed by atoms with Crippen molar-refractivity contribution in [2.24, 2.45) is 5.73 Å². The van der Waals surface area contributed by atoms with E-state index in [-0.39, 0.29) is 5.92 Å². The molecule has 4 heteroatoms. The number of nitrogens with two attached hydrogens (primary N) is 1. The number of ether oxygens (including phenoxy) is 2. The highest BCUT2D eigenvalue weighted by Gasteiger charge is 2.17. The van der Waals surface area contributed by atoms with Crippen LogP contribution in [-0.4, -0.2) is 25.7 Å². The van der Waals surface area contributed by atoms with Gasteiger partial charge in [0.1, 0.15) is 5.75 Å². The molecule has 1 heterocycles. The van der Waals surface area contributed by atoms with Gasteiger partial charge in [0.2, 0.25) is 5.88 Å². The molecule has 84 valence electrons. The summed E-state index contributed by atoms with van der Waals surface area (Å²) in [5.74, 6) is 1.71. The zero-order chi connectivity index (χ0) is 11.3. The first kappa shape index (κ1) is 11.8. The molecule has 0 bridgehead atoms. The van der Waals surface area contributed by atoms with Crippen LogP contribution < -0.4 is 15.2 Å². The lowest BCUT2D eigenvalue weighted by Gasteiger charge is -2.17. The van der Waals surface area contributed by atoms with Crippen molar-refractivity contribution in [3.63, 3.8) is 0 Å². The Hall–Kier alpha value is -1.29. The van der Waals surface area contributed by atoms with Crippen LogP contribution in [0.2, 0.25) is 0 Å². The SMILES string of the molecule is COc1ccnc(OC)c1C(C)CCN. The van der Waals surface area contributed by atoms with Gasteiger partial charge in [-0.3, -0.25) is 0 Å². The maximum absolute atomic E-state index is 5.55. The molecule has 0 aliphatic rings. The third kappa shape index (κ3) is 2.59. The van der Waals surface area contributed by atoms with Crippen molar-refractivity contribution >= 4 is 0 Å². The molecule has 0 fully saturated rings. The predicted molar refractivity (Wildman–Crippen MR) is 59.4 cm³/mol. The zero-order valence-electron chi connectivity index (χ0n) is 9.49. The van der Waals surface area contributed by atoms with Gasteiger partial charge in [0.05, 0.1) is 19.8 Å². The summed E-state index contributed by atoms with van der Waals surface area (Å²) in [7, 11) is 3.26. The van der Waals surface area contributed by atoms with E-state index >= 15 is 0 Å². The van der Waals surface area contributed by atoms with Crippen LogP contribution in [0.5, 0.6) is 11.6 Å². The molecule has 0 saturated carbocycles. The van der Waals surface area contributed by atoms with Crippen LogP contribution in [0.25, 0.3) is 0 Å². The number of methoxy groups -OCH3 is 2. The molecule has 1 aromatic heterocycles. The smallest absolute Gasteiger partial charge is 0.220 e. The first-order valence-corrected chi connectivity index (χ1v) is 5.01. The Morgan fingerprint density at radius 1 is 1.40 bits per heavy atom. The van der Waals surface area contributed by atoms with Crippen LogP contribution >= 0.6 is 0 Å². The third-order valence-corrected chi connectivity index (χ3v) is 2.42. The van der Waals surface area contributed by atoms with Crippen molar-refractivity contribution in [2.75, 3.05) is 20.8 Å². The fraction of sp³-hybridized carbons (Fsp3) is 0.545. The number of nitrogens with zero attached hydrogens (tertiary/aromatic N) is 1. The summed E-state index contributed by atoms with van der Waals surface area (Å²) >= 11 is 0. The Labute approximate surface area is 90.4 Å². The average molecular weight is 210 g/mol. The molecule has 1 aromatic rings. The molecule has 4 nitrogen and oxygen atoms in total. The second-order valence-corrected chi connectivity index (χ2v) is 3.41. The standard InChI is InChI=1S/C11H18N2O2/c1-8(4-6-12)10-9(14-2)5-7-13-11(10)15-3/h5,7-8H,4,6,12H2,1-3H3. The molecule has 0 saturated heterocycles. The highest BCUT2D eigenvalue weighted by molar-refractivity contribution is 5.42. The normalized spacial score (nSPS) is 12.3. The van der Waals surface area contributed by atoms with E-state index < -0.39 is 0 Å². The van der Waals surface area contributed by atoms with Crippen molar-refractivity contribution in [3.05, 3.63) is 17.8 Å². The van der Waals surface area contributed by atoms with Gasteiger partial charge in [0.15, 0.2) is 0 Å². The highest BCUT2D eigenvalue weighted by Crippen LogP contribution is 2.34. The van der Waals surface area contributed by atoms with E-state index in [9.17, 15) is 0 Å². The molecule has 0 spiro atoms. The fourth-order valence-electron chi connectivity index (χ4n) is 1.63. The lowest BCUT2D eigenvalue weighted by Crippen LogP contribution is -2.08. The Morgan fingerprint density at radius 2 is 2.13 bits per heavy atom. The number of hydrogen-bond donors (Lipinski definition) is 1. The minimum absolute atomic E-state index is 0.286. The highest BCUT2D eigenvalue weighted by atomic mass is 16.5. The van der Waals surface area contributed by atoms with Crippen LogP contribution in [0.1, 0.15) is 24.8 Å². The Bertz CT molecular complexity index is 293. The molecule has 2 N–H and O–H groups in total. The number of pyridine rings is 1. The molecule has 1 rings (SSSR count). The number of aromatic nitrogens is 1. The quantitative estimate of drug-likeness (QED) is 0.801. The zero-order valence-corrected chi connectivity index (χ0v) is 9.49. The molecule has 0 amide bonds. The predicted octanol–water partition coefficient (Wildman–Crippen LogP) is 1.55. The van der Waals surface area contributed by atoms with Gasteiger partial charge in [-0.05, 0) is 24.9 Å². The second kappa shape index (κ2) is 5.56. The van der Waals surface area contributed by atoms with Gasteiger partial charge < -0.3 is 15.2 Å². The van der Waals surface area contributed by atoms with Crippen molar-refractivity contribution < 1.29 is 9.47 Å². The van der Waals surface area contributed by atoms with Crippen LogP contribution in [0.15, 0.2) is 12.3 Å². The lowest BCUT2D eigenvalue weighted by molar-refractivity contribution is 0.367. The average Bonchev–Trinajstić information content (AvgIpc) is 2.28. The van der Waals surface area contributed by atoms with E-state index in [1.165, 1.54) is 0 Å². The minimum atomic E-state index is 0.286. The van der Waals surface area contributed by atoms with Gasteiger partial charge in [0.25, 0.3) is 0 Å².